The molecule has 0 N–H and O–H groups in total. The standard InChI is InChI=1S/C65H48N2/c1-5-17-49-41-57(33-25-45(49)13-1)66(58-34-26-46-14-2-6-18-50(46)42-58)55-37-29-53(30-38-55)65(63-23-11-9-21-61(63)62-22-10-12-24-64(62)65)54-31-39-56(40-32-54)67(59-35-27-47-15-3-7-19-51(47)43-59)60-36-28-48-16-4-8-20-52(48)44-60/h1-43,48,52,60H,44H2. The molecule has 0 fully saturated rings. The van der Waals surface area contributed by atoms with Crippen LogP contribution in [0, 0.1) is 11.8 Å². The van der Waals surface area contributed by atoms with Gasteiger partial charge in [-0.05, 0) is 139 Å². The number of allylic oxidation sites excluding steroid dienone is 5. The van der Waals surface area contributed by atoms with Gasteiger partial charge in [0.25, 0.3) is 0 Å². The monoisotopic (exact) mass is 856 g/mol. The molecule has 318 valence electrons. The number of rotatable bonds is 8. The van der Waals surface area contributed by atoms with Gasteiger partial charge in [-0.15, -0.1) is 0 Å². The lowest BCUT2D eigenvalue weighted by Crippen LogP contribution is -2.35. The highest BCUT2D eigenvalue weighted by Crippen LogP contribution is 2.56. The van der Waals surface area contributed by atoms with Crippen molar-refractivity contribution >= 4 is 60.8 Å². The summed E-state index contributed by atoms with van der Waals surface area (Å²) >= 11 is 0. The number of anilines is 5. The summed E-state index contributed by atoms with van der Waals surface area (Å²) in [4.78, 5) is 4.98. The number of hydrogen-bond acceptors (Lipinski definition) is 2. The van der Waals surface area contributed by atoms with Gasteiger partial charge in [0.15, 0.2) is 0 Å². The molecule has 0 heterocycles. The summed E-state index contributed by atoms with van der Waals surface area (Å²) in [5, 5.41) is 7.40. The Morgan fingerprint density at radius 3 is 1.33 bits per heavy atom. The Hall–Kier alpha value is -8.20. The number of benzene rings is 10. The molecule has 3 aliphatic rings. The van der Waals surface area contributed by atoms with Crippen molar-refractivity contribution in [3.8, 4) is 11.1 Å². The predicted molar refractivity (Wildman–Crippen MR) is 282 cm³/mol. The zero-order chi connectivity index (χ0) is 44.3. The molecule has 0 aliphatic heterocycles. The van der Waals surface area contributed by atoms with E-state index in [2.05, 4.69) is 271 Å². The van der Waals surface area contributed by atoms with Gasteiger partial charge in [-0.2, -0.15) is 0 Å². The minimum absolute atomic E-state index is 0.201. The second kappa shape index (κ2) is 16.0. The van der Waals surface area contributed by atoms with Gasteiger partial charge in [-0.25, -0.2) is 0 Å². The lowest BCUT2D eigenvalue weighted by Gasteiger charge is -2.39. The Labute approximate surface area is 392 Å². The van der Waals surface area contributed by atoms with Gasteiger partial charge < -0.3 is 9.80 Å². The van der Waals surface area contributed by atoms with Crippen molar-refractivity contribution in [2.24, 2.45) is 11.8 Å². The van der Waals surface area contributed by atoms with Crippen LogP contribution in [-0.4, -0.2) is 6.04 Å². The lowest BCUT2D eigenvalue weighted by atomic mass is 9.67. The molecule has 0 bridgehead atoms. The highest BCUT2D eigenvalue weighted by molar-refractivity contribution is 5.93. The van der Waals surface area contributed by atoms with E-state index in [0.29, 0.717) is 11.8 Å². The first-order valence-electron chi connectivity index (χ1n) is 23.7. The first kappa shape index (κ1) is 39.2. The second-order valence-electron chi connectivity index (χ2n) is 18.4. The van der Waals surface area contributed by atoms with Crippen LogP contribution in [0.3, 0.4) is 0 Å². The van der Waals surface area contributed by atoms with Crippen LogP contribution in [0.4, 0.5) is 28.4 Å². The molecule has 2 heteroatoms. The van der Waals surface area contributed by atoms with Gasteiger partial charge in [0.05, 0.1) is 11.5 Å². The summed E-state index contributed by atoms with van der Waals surface area (Å²) in [7, 11) is 0. The predicted octanol–water partition coefficient (Wildman–Crippen LogP) is 16.8. The highest BCUT2D eigenvalue weighted by Gasteiger charge is 2.46. The molecule has 0 saturated heterocycles. The molecular formula is C65H48N2. The van der Waals surface area contributed by atoms with Gasteiger partial charge in [0.1, 0.15) is 0 Å². The molecule has 0 saturated carbocycles. The molecule has 2 nitrogen and oxygen atoms in total. The Morgan fingerprint density at radius 2 is 0.776 bits per heavy atom. The first-order chi connectivity index (χ1) is 33.2. The van der Waals surface area contributed by atoms with Gasteiger partial charge >= 0.3 is 0 Å². The van der Waals surface area contributed by atoms with Crippen LogP contribution >= 0.6 is 0 Å². The van der Waals surface area contributed by atoms with Crippen LogP contribution in [0.25, 0.3) is 43.4 Å². The largest absolute Gasteiger partial charge is 0.334 e. The molecule has 0 spiro atoms. The third kappa shape index (κ3) is 6.55. The maximum absolute atomic E-state index is 2.57. The molecule has 3 atom stereocenters. The van der Waals surface area contributed by atoms with E-state index in [0.717, 1.165) is 23.5 Å². The van der Waals surface area contributed by atoms with Crippen molar-refractivity contribution in [2.45, 2.75) is 17.9 Å². The lowest BCUT2D eigenvalue weighted by molar-refractivity contribution is 0.455. The summed E-state index contributed by atoms with van der Waals surface area (Å²) in [6.45, 7) is 0. The van der Waals surface area contributed by atoms with E-state index in [1.165, 1.54) is 77.1 Å². The molecule has 10 aromatic carbocycles. The Balaban J connectivity index is 0.961. The molecule has 0 amide bonds. The molecule has 3 unspecified atom stereocenters. The van der Waals surface area contributed by atoms with Crippen molar-refractivity contribution in [3.05, 3.63) is 283 Å². The molecule has 67 heavy (non-hydrogen) atoms. The number of fused-ring (bicyclic) bond motifs is 7. The normalized spacial score (nSPS) is 17.6. The third-order valence-electron chi connectivity index (χ3n) is 14.8. The maximum atomic E-state index is 2.57. The fourth-order valence-corrected chi connectivity index (χ4v) is 11.6. The van der Waals surface area contributed by atoms with Crippen LogP contribution in [-0.2, 0) is 5.41 Å². The van der Waals surface area contributed by atoms with E-state index in [-0.39, 0.29) is 6.04 Å². The molecular weight excluding hydrogens is 809 g/mol. The van der Waals surface area contributed by atoms with Gasteiger partial charge in [0, 0.05) is 34.4 Å². The van der Waals surface area contributed by atoms with Crippen LogP contribution in [0.2, 0.25) is 0 Å². The van der Waals surface area contributed by atoms with E-state index < -0.39 is 5.41 Å². The summed E-state index contributed by atoms with van der Waals surface area (Å²) in [5.41, 5.74) is 12.9. The first-order valence-corrected chi connectivity index (χ1v) is 23.7. The van der Waals surface area contributed by atoms with Crippen LogP contribution in [0.1, 0.15) is 28.7 Å². The Kier molecular flexibility index (Phi) is 9.39. The zero-order valence-corrected chi connectivity index (χ0v) is 37.2. The maximum Gasteiger partial charge on any atom is 0.0713 e. The number of nitrogens with zero attached hydrogens (tertiary/aromatic N) is 2. The molecule has 3 aliphatic carbocycles. The molecule has 13 rings (SSSR count). The smallest absolute Gasteiger partial charge is 0.0713 e. The zero-order valence-electron chi connectivity index (χ0n) is 37.2. The molecule has 0 aromatic heterocycles. The quantitative estimate of drug-likeness (QED) is 0.141. The topological polar surface area (TPSA) is 6.48 Å². The van der Waals surface area contributed by atoms with Gasteiger partial charge in [-0.1, -0.05) is 200 Å². The minimum Gasteiger partial charge on any atom is -0.334 e. The highest BCUT2D eigenvalue weighted by atomic mass is 15.2. The summed E-state index contributed by atoms with van der Waals surface area (Å²) in [5.74, 6) is 0.918. The SMILES string of the molecule is C1=CC2C=CC(N(c3ccc(C4(c5ccc(N(c6ccc7ccccc7c6)c6ccc7ccccc7c6)cc5)c5ccccc5-c5ccccc54)cc3)c3ccc4ccccc4c3)CC2C=C1. The third-order valence-corrected chi connectivity index (χ3v) is 14.8. The Bertz CT molecular complexity index is 3470. The van der Waals surface area contributed by atoms with E-state index >= 15 is 0 Å². The fraction of sp³-hybridized carbons (Fsp3) is 0.0769. The Morgan fingerprint density at radius 1 is 0.343 bits per heavy atom. The summed E-state index contributed by atoms with van der Waals surface area (Å²) < 4.78 is 0. The van der Waals surface area contributed by atoms with Crippen LogP contribution in [0.5, 0.6) is 0 Å². The average molecular weight is 857 g/mol. The molecule has 10 aromatic rings. The summed E-state index contributed by atoms with van der Waals surface area (Å²) in [6, 6.07) is 83.8. The average Bonchev–Trinajstić information content (AvgIpc) is 3.70. The van der Waals surface area contributed by atoms with Crippen molar-refractivity contribution in [2.75, 3.05) is 9.80 Å². The number of hydrogen-bond donors (Lipinski definition) is 0. The fourth-order valence-electron chi connectivity index (χ4n) is 11.6. The van der Waals surface area contributed by atoms with Gasteiger partial charge in [-0.3, -0.25) is 0 Å². The van der Waals surface area contributed by atoms with E-state index in [4.69, 9.17) is 0 Å². The van der Waals surface area contributed by atoms with E-state index in [1.54, 1.807) is 0 Å². The van der Waals surface area contributed by atoms with Crippen LogP contribution in [0.15, 0.2) is 261 Å². The van der Waals surface area contributed by atoms with E-state index in [9.17, 15) is 0 Å². The molecule has 0 radical (unpaired) electrons. The minimum atomic E-state index is -0.550. The van der Waals surface area contributed by atoms with Gasteiger partial charge in [0.2, 0.25) is 0 Å². The van der Waals surface area contributed by atoms with Crippen molar-refractivity contribution < 1.29 is 0 Å². The second-order valence-corrected chi connectivity index (χ2v) is 18.4. The van der Waals surface area contributed by atoms with E-state index in [1.807, 2.05) is 0 Å². The summed E-state index contributed by atoms with van der Waals surface area (Å²) in [6.07, 6.45) is 15.1. The van der Waals surface area contributed by atoms with Crippen molar-refractivity contribution in [1.82, 2.24) is 0 Å². The van der Waals surface area contributed by atoms with Crippen molar-refractivity contribution in [3.63, 3.8) is 0 Å². The van der Waals surface area contributed by atoms with Crippen molar-refractivity contribution in [1.29, 1.82) is 0 Å². The van der Waals surface area contributed by atoms with Crippen LogP contribution < -0.4 is 9.80 Å².